The predicted octanol–water partition coefficient (Wildman–Crippen LogP) is 2.71. The third kappa shape index (κ3) is 1.05. The van der Waals surface area contributed by atoms with E-state index in [2.05, 4.69) is 0 Å². The molecule has 0 heterocycles. The van der Waals surface area contributed by atoms with Gasteiger partial charge in [-0.3, -0.25) is 0 Å². The molecular formula is C6H8F2. The summed E-state index contributed by atoms with van der Waals surface area (Å²) in [5.74, 6) is -1.06. The molecule has 0 nitrogen and oxygen atoms in total. The summed E-state index contributed by atoms with van der Waals surface area (Å²) in [5, 5.41) is 0. The maximum atomic E-state index is 12.1. The van der Waals surface area contributed by atoms with Crippen LogP contribution in [0.4, 0.5) is 8.78 Å². The summed E-state index contributed by atoms with van der Waals surface area (Å²) in [5.41, 5.74) is 0. The fourth-order valence-corrected chi connectivity index (χ4v) is 0.832. The molecule has 8 heavy (non-hydrogen) atoms. The molecule has 0 saturated carbocycles. The molecule has 46 valence electrons. The van der Waals surface area contributed by atoms with Crippen molar-refractivity contribution >= 4 is 0 Å². The Morgan fingerprint density at radius 2 is 1.25 bits per heavy atom. The highest BCUT2D eigenvalue weighted by atomic mass is 19.2. The Labute approximate surface area is 47.2 Å². The Hall–Kier alpha value is -0.400. The quantitative estimate of drug-likeness (QED) is 0.458. The lowest BCUT2D eigenvalue weighted by Crippen LogP contribution is -1.90. The van der Waals surface area contributed by atoms with Gasteiger partial charge in [-0.2, -0.15) is 0 Å². The van der Waals surface area contributed by atoms with Crippen LogP contribution in [0.25, 0.3) is 0 Å². The summed E-state index contributed by atoms with van der Waals surface area (Å²) >= 11 is 0. The summed E-state index contributed by atoms with van der Waals surface area (Å²) in [4.78, 5) is 0. The number of halogens is 2. The minimum atomic E-state index is -0.531. The van der Waals surface area contributed by atoms with Gasteiger partial charge in [0.15, 0.2) is 0 Å². The van der Waals surface area contributed by atoms with Crippen molar-refractivity contribution in [2.45, 2.75) is 25.7 Å². The molecule has 2 heteroatoms. The highest BCUT2D eigenvalue weighted by molar-refractivity contribution is 5.02. The van der Waals surface area contributed by atoms with Gasteiger partial charge in [-0.1, -0.05) is 0 Å². The Balaban J connectivity index is 2.60. The zero-order valence-electron chi connectivity index (χ0n) is 4.58. The lowest BCUT2D eigenvalue weighted by Gasteiger charge is -2.05. The third-order valence-corrected chi connectivity index (χ3v) is 1.34. The van der Waals surface area contributed by atoms with Crippen LogP contribution >= 0.6 is 0 Å². The smallest absolute Gasteiger partial charge is 0.131 e. The lowest BCUT2D eigenvalue weighted by atomic mass is 10.1. The summed E-state index contributed by atoms with van der Waals surface area (Å²) in [7, 11) is 0. The second kappa shape index (κ2) is 2.25. The summed E-state index contributed by atoms with van der Waals surface area (Å²) in [6.45, 7) is 0. The average Bonchev–Trinajstić information content (AvgIpc) is 1.77. The lowest BCUT2D eigenvalue weighted by molar-refractivity contribution is 0.436. The molecule has 0 fully saturated rings. The van der Waals surface area contributed by atoms with E-state index >= 15 is 0 Å². The third-order valence-electron chi connectivity index (χ3n) is 1.34. The molecule has 0 unspecified atom stereocenters. The maximum absolute atomic E-state index is 12.1. The topological polar surface area (TPSA) is 0 Å². The van der Waals surface area contributed by atoms with Crippen LogP contribution in [0.1, 0.15) is 25.7 Å². The van der Waals surface area contributed by atoms with E-state index in [-0.39, 0.29) is 0 Å². The van der Waals surface area contributed by atoms with Crippen molar-refractivity contribution in [1.29, 1.82) is 0 Å². The van der Waals surface area contributed by atoms with Gasteiger partial charge in [-0.25, -0.2) is 8.78 Å². The molecule has 0 atom stereocenters. The van der Waals surface area contributed by atoms with E-state index in [0.29, 0.717) is 12.8 Å². The molecule has 0 N–H and O–H groups in total. The zero-order valence-corrected chi connectivity index (χ0v) is 4.58. The molecule has 0 aromatic carbocycles. The van der Waals surface area contributed by atoms with Gasteiger partial charge >= 0.3 is 0 Å². The monoisotopic (exact) mass is 118 g/mol. The molecule has 1 aliphatic carbocycles. The van der Waals surface area contributed by atoms with Gasteiger partial charge in [-0.05, 0) is 12.8 Å². The molecule has 0 saturated heterocycles. The summed E-state index contributed by atoms with van der Waals surface area (Å²) in [6, 6.07) is 0. The molecule has 0 bridgehead atoms. The first-order valence-corrected chi connectivity index (χ1v) is 2.84. The molecule has 1 aliphatic rings. The predicted molar refractivity (Wildman–Crippen MR) is 27.7 cm³/mol. The van der Waals surface area contributed by atoms with Crippen molar-refractivity contribution in [3.05, 3.63) is 11.7 Å². The van der Waals surface area contributed by atoms with E-state index in [1.165, 1.54) is 0 Å². The Morgan fingerprint density at radius 1 is 0.875 bits per heavy atom. The Bertz CT molecular complexity index is 102. The van der Waals surface area contributed by atoms with E-state index in [1.54, 1.807) is 0 Å². The first-order chi connectivity index (χ1) is 3.80. The number of hydrogen-bond acceptors (Lipinski definition) is 0. The van der Waals surface area contributed by atoms with Gasteiger partial charge in [0.05, 0.1) is 0 Å². The van der Waals surface area contributed by atoms with Gasteiger partial charge in [0.1, 0.15) is 11.7 Å². The SMILES string of the molecule is FC1=C(F)CCCC1. The highest BCUT2D eigenvalue weighted by Crippen LogP contribution is 2.25. The number of hydrogen-bond donors (Lipinski definition) is 0. The zero-order chi connectivity index (χ0) is 5.98. The molecule has 1 rings (SSSR count). The van der Waals surface area contributed by atoms with E-state index in [0.717, 1.165) is 12.8 Å². The van der Waals surface area contributed by atoms with Crippen LogP contribution in [0, 0.1) is 0 Å². The van der Waals surface area contributed by atoms with Crippen molar-refractivity contribution < 1.29 is 8.78 Å². The number of allylic oxidation sites excluding steroid dienone is 2. The van der Waals surface area contributed by atoms with Gasteiger partial charge in [-0.15, -0.1) is 0 Å². The highest BCUT2D eigenvalue weighted by Gasteiger charge is 2.10. The van der Waals surface area contributed by atoms with E-state index < -0.39 is 11.7 Å². The molecule has 0 aromatic heterocycles. The molecule has 0 radical (unpaired) electrons. The van der Waals surface area contributed by atoms with Crippen LogP contribution in [0.5, 0.6) is 0 Å². The van der Waals surface area contributed by atoms with Crippen molar-refractivity contribution in [2.24, 2.45) is 0 Å². The minimum absolute atomic E-state index is 0.311. The molecular weight excluding hydrogens is 110 g/mol. The van der Waals surface area contributed by atoms with Crippen LogP contribution in [0.15, 0.2) is 11.7 Å². The van der Waals surface area contributed by atoms with E-state index in [4.69, 9.17) is 0 Å². The fourth-order valence-electron chi connectivity index (χ4n) is 0.832. The van der Waals surface area contributed by atoms with Crippen molar-refractivity contribution in [1.82, 2.24) is 0 Å². The molecule has 0 spiro atoms. The van der Waals surface area contributed by atoms with Crippen LogP contribution < -0.4 is 0 Å². The summed E-state index contributed by atoms with van der Waals surface area (Å²) in [6.07, 6.45) is 2.23. The first-order valence-electron chi connectivity index (χ1n) is 2.84. The second-order valence-electron chi connectivity index (χ2n) is 2.02. The van der Waals surface area contributed by atoms with Crippen LogP contribution in [-0.2, 0) is 0 Å². The number of rotatable bonds is 0. The second-order valence-corrected chi connectivity index (χ2v) is 2.02. The van der Waals surface area contributed by atoms with Crippen molar-refractivity contribution in [3.63, 3.8) is 0 Å². The van der Waals surface area contributed by atoms with Gasteiger partial charge in [0.25, 0.3) is 0 Å². The van der Waals surface area contributed by atoms with Crippen molar-refractivity contribution in [3.8, 4) is 0 Å². The molecule has 0 aliphatic heterocycles. The van der Waals surface area contributed by atoms with Gasteiger partial charge < -0.3 is 0 Å². The first kappa shape index (κ1) is 5.73. The Morgan fingerprint density at radius 3 is 1.50 bits per heavy atom. The van der Waals surface area contributed by atoms with E-state index in [1.807, 2.05) is 0 Å². The average molecular weight is 118 g/mol. The Kier molecular flexibility index (Phi) is 1.61. The van der Waals surface area contributed by atoms with E-state index in [9.17, 15) is 8.78 Å². The summed E-state index contributed by atoms with van der Waals surface area (Å²) < 4.78 is 24.2. The minimum Gasteiger partial charge on any atom is -0.209 e. The molecule has 0 aromatic rings. The fraction of sp³-hybridized carbons (Fsp3) is 0.667. The largest absolute Gasteiger partial charge is 0.209 e. The normalized spacial score (nSPS) is 21.8. The van der Waals surface area contributed by atoms with Gasteiger partial charge in [0.2, 0.25) is 0 Å². The van der Waals surface area contributed by atoms with Crippen LogP contribution in [-0.4, -0.2) is 0 Å². The van der Waals surface area contributed by atoms with Crippen molar-refractivity contribution in [2.75, 3.05) is 0 Å². The van der Waals surface area contributed by atoms with Gasteiger partial charge in [0, 0.05) is 12.8 Å². The maximum Gasteiger partial charge on any atom is 0.131 e. The van der Waals surface area contributed by atoms with Crippen LogP contribution in [0.3, 0.4) is 0 Å². The van der Waals surface area contributed by atoms with Crippen LogP contribution in [0.2, 0.25) is 0 Å². The molecule has 0 amide bonds. The standard InChI is InChI=1S/C6H8F2/c7-5-3-1-2-4-6(5)8/h1-4H2.